The van der Waals surface area contributed by atoms with Gasteiger partial charge >= 0.3 is 5.69 Å². The molecule has 0 aliphatic heterocycles. The Morgan fingerprint density at radius 2 is 1.90 bits per heavy atom. The molecule has 4 rings (SSSR count). The van der Waals surface area contributed by atoms with E-state index in [0.717, 1.165) is 20.6 Å². The minimum absolute atomic E-state index is 0.152. The van der Waals surface area contributed by atoms with Crippen molar-refractivity contribution in [2.24, 2.45) is 0 Å². The van der Waals surface area contributed by atoms with Crippen molar-refractivity contribution in [1.82, 2.24) is 14.1 Å². The Morgan fingerprint density at radius 3 is 2.62 bits per heavy atom. The van der Waals surface area contributed by atoms with Crippen molar-refractivity contribution >= 4 is 28.2 Å². The van der Waals surface area contributed by atoms with Gasteiger partial charge in [-0.15, -0.1) is 11.3 Å². The van der Waals surface area contributed by atoms with E-state index in [9.17, 15) is 14.4 Å². The van der Waals surface area contributed by atoms with Crippen LogP contribution in [0.3, 0.4) is 0 Å². The summed E-state index contributed by atoms with van der Waals surface area (Å²) in [5.41, 5.74) is 2.07. The van der Waals surface area contributed by atoms with Crippen LogP contribution in [0.25, 0.3) is 11.0 Å². The predicted octanol–water partition coefficient (Wildman–Crippen LogP) is 3.17. The number of nitrogens with zero attached hydrogens (tertiary/aromatic N) is 3. The first kappa shape index (κ1) is 19.0. The zero-order chi connectivity index (χ0) is 20.5. The molecule has 6 nitrogen and oxygen atoms in total. The molecule has 0 fully saturated rings. The highest BCUT2D eigenvalue weighted by molar-refractivity contribution is 7.09. The molecule has 3 heterocycles. The molecule has 0 N–H and O–H groups in total. The fourth-order valence-corrected chi connectivity index (χ4v) is 4.14. The molecule has 7 heteroatoms. The van der Waals surface area contributed by atoms with E-state index < -0.39 is 11.2 Å². The van der Waals surface area contributed by atoms with Gasteiger partial charge in [0.1, 0.15) is 0 Å². The Labute approximate surface area is 170 Å². The second kappa shape index (κ2) is 7.60. The fraction of sp³-hybridized carbons (Fsp3) is 0.182. The highest BCUT2D eigenvalue weighted by atomic mass is 32.1. The minimum atomic E-state index is -0.512. The Bertz CT molecular complexity index is 1330. The third-order valence-corrected chi connectivity index (χ3v) is 5.73. The largest absolute Gasteiger partial charge is 0.332 e. The van der Waals surface area contributed by atoms with Crippen LogP contribution in [0, 0.1) is 13.8 Å². The summed E-state index contributed by atoms with van der Waals surface area (Å²) in [5.74, 6) is -0.184. The number of Topliss-reactive ketones (excluding diaryl/α,β-unsaturated/α-hetero) is 1. The monoisotopic (exact) mass is 405 g/mol. The van der Waals surface area contributed by atoms with Crippen LogP contribution in [0.1, 0.15) is 26.4 Å². The van der Waals surface area contributed by atoms with Gasteiger partial charge in [0.05, 0.1) is 18.6 Å². The smallest absolute Gasteiger partial charge is 0.292 e. The Morgan fingerprint density at radius 1 is 1.07 bits per heavy atom. The van der Waals surface area contributed by atoms with Crippen molar-refractivity contribution in [3.05, 3.63) is 96.4 Å². The summed E-state index contributed by atoms with van der Waals surface area (Å²) in [6.45, 7) is 3.83. The Kier molecular flexibility index (Phi) is 4.98. The lowest BCUT2D eigenvalue weighted by atomic mass is 10.0. The highest BCUT2D eigenvalue weighted by Crippen LogP contribution is 2.14. The summed E-state index contributed by atoms with van der Waals surface area (Å²) >= 11 is 1.47. The maximum atomic E-state index is 13.2. The molecule has 146 valence electrons. The molecule has 3 aromatic heterocycles. The van der Waals surface area contributed by atoms with E-state index in [2.05, 4.69) is 4.98 Å². The number of hydrogen-bond acceptors (Lipinski definition) is 5. The zero-order valence-corrected chi connectivity index (χ0v) is 16.9. The second-order valence-corrected chi connectivity index (χ2v) is 7.98. The molecule has 0 aliphatic carbocycles. The summed E-state index contributed by atoms with van der Waals surface area (Å²) in [5, 5.41) is 1.89. The second-order valence-electron chi connectivity index (χ2n) is 6.95. The molecular weight excluding hydrogens is 386 g/mol. The van der Waals surface area contributed by atoms with E-state index >= 15 is 0 Å². The third kappa shape index (κ3) is 3.56. The number of aryl methyl sites for hydroxylation is 2. The van der Waals surface area contributed by atoms with Gasteiger partial charge in [0.15, 0.2) is 11.3 Å². The molecule has 29 heavy (non-hydrogen) atoms. The number of thiophene rings is 1. The number of pyridine rings is 1. The molecule has 0 amide bonds. The number of benzene rings is 1. The summed E-state index contributed by atoms with van der Waals surface area (Å²) < 4.78 is 2.50. The first-order chi connectivity index (χ1) is 14.0. The van der Waals surface area contributed by atoms with E-state index in [4.69, 9.17) is 0 Å². The lowest BCUT2D eigenvalue weighted by molar-refractivity contribution is 0.0970. The quantitative estimate of drug-likeness (QED) is 0.478. The van der Waals surface area contributed by atoms with Crippen molar-refractivity contribution in [1.29, 1.82) is 0 Å². The number of aromatic nitrogens is 3. The van der Waals surface area contributed by atoms with E-state index in [1.165, 1.54) is 22.1 Å². The molecule has 0 unspecified atom stereocenters. The van der Waals surface area contributed by atoms with Gasteiger partial charge in [0.25, 0.3) is 5.56 Å². The SMILES string of the molecule is Cc1ccc(C(=O)Cn2c(=O)n(Cc3cccs3)c(=O)c3ncccc32)c(C)c1. The first-order valence-corrected chi connectivity index (χ1v) is 10.0. The number of rotatable bonds is 5. The average molecular weight is 405 g/mol. The van der Waals surface area contributed by atoms with Crippen LogP contribution < -0.4 is 11.2 Å². The maximum absolute atomic E-state index is 13.2. The van der Waals surface area contributed by atoms with Crippen LogP contribution >= 0.6 is 11.3 Å². The van der Waals surface area contributed by atoms with Crippen LogP contribution in [-0.4, -0.2) is 19.9 Å². The van der Waals surface area contributed by atoms with E-state index in [1.54, 1.807) is 18.2 Å². The van der Waals surface area contributed by atoms with Gasteiger partial charge in [-0.25, -0.2) is 9.78 Å². The van der Waals surface area contributed by atoms with Gasteiger partial charge < -0.3 is 0 Å². The van der Waals surface area contributed by atoms with E-state index in [-0.39, 0.29) is 24.4 Å². The van der Waals surface area contributed by atoms with Gasteiger partial charge in [-0.2, -0.15) is 0 Å². The number of hydrogen-bond donors (Lipinski definition) is 0. The standard InChI is InChI=1S/C22H19N3O3S/c1-14-7-8-17(15(2)11-14)19(26)13-24-18-6-3-9-23-20(18)21(27)25(22(24)28)12-16-5-4-10-29-16/h3-11H,12-13H2,1-2H3. The van der Waals surface area contributed by atoms with Crippen LogP contribution in [-0.2, 0) is 13.1 Å². The third-order valence-electron chi connectivity index (χ3n) is 4.86. The molecule has 0 radical (unpaired) electrons. The van der Waals surface area contributed by atoms with Crippen molar-refractivity contribution in [2.45, 2.75) is 26.9 Å². The fourth-order valence-electron chi connectivity index (χ4n) is 3.45. The predicted molar refractivity (Wildman–Crippen MR) is 114 cm³/mol. The van der Waals surface area contributed by atoms with E-state index in [0.29, 0.717) is 11.1 Å². The summed E-state index contributed by atoms with van der Waals surface area (Å²) in [6.07, 6.45) is 1.51. The number of fused-ring (bicyclic) bond motifs is 1. The number of carbonyl (C=O) groups excluding carboxylic acids is 1. The molecule has 0 spiro atoms. The average Bonchev–Trinajstić information content (AvgIpc) is 3.21. The van der Waals surface area contributed by atoms with Gasteiger partial charge in [-0.1, -0.05) is 29.8 Å². The normalized spacial score (nSPS) is 11.1. The van der Waals surface area contributed by atoms with Crippen molar-refractivity contribution in [2.75, 3.05) is 0 Å². The Balaban J connectivity index is 1.86. The summed E-state index contributed by atoms with van der Waals surface area (Å²) in [6, 6.07) is 12.6. The van der Waals surface area contributed by atoms with Crippen molar-refractivity contribution in [3.8, 4) is 0 Å². The van der Waals surface area contributed by atoms with Crippen LogP contribution in [0.4, 0.5) is 0 Å². The van der Waals surface area contributed by atoms with Gasteiger partial charge in [0, 0.05) is 16.6 Å². The number of carbonyl (C=O) groups is 1. The molecule has 1 aromatic carbocycles. The van der Waals surface area contributed by atoms with Crippen molar-refractivity contribution in [3.63, 3.8) is 0 Å². The molecule has 0 saturated carbocycles. The minimum Gasteiger partial charge on any atom is -0.292 e. The molecule has 0 aliphatic rings. The lowest BCUT2D eigenvalue weighted by Gasteiger charge is -2.13. The van der Waals surface area contributed by atoms with Gasteiger partial charge in [-0.3, -0.25) is 18.7 Å². The molecule has 0 atom stereocenters. The van der Waals surface area contributed by atoms with Crippen molar-refractivity contribution < 1.29 is 4.79 Å². The highest BCUT2D eigenvalue weighted by Gasteiger charge is 2.18. The topological polar surface area (TPSA) is 74.0 Å². The molecule has 0 saturated heterocycles. The van der Waals surface area contributed by atoms with Crippen LogP contribution in [0.15, 0.2) is 63.6 Å². The maximum Gasteiger partial charge on any atom is 0.332 e. The number of ketones is 1. The summed E-state index contributed by atoms with van der Waals surface area (Å²) in [7, 11) is 0. The van der Waals surface area contributed by atoms with Gasteiger partial charge in [-0.05, 0) is 43.0 Å². The first-order valence-electron chi connectivity index (χ1n) is 9.17. The molecular formula is C22H19N3O3S. The van der Waals surface area contributed by atoms with Crippen LogP contribution in [0.2, 0.25) is 0 Å². The Hall–Kier alpha value is -3.32. The zero-order valence-electron chi connectivity index (χ0n) is 16.1. The van der Waals surface area contributed by atoms with E-state index in [1.807, 2.05) is 43.5 Å². The van der Waals surface area contributed by atoms with Crippen LogP contribution in [0.5, 0.6) is 0 Å². The lowest BCUT2D eigenvalue weighted by Crippen LogP contribution is -2.41. The summed E-state index contributed by atoms with van der Waals surface area (Å²) in [4.78, 5) is 44.1. The molecule has 4 aromatic rings. The van der Waals surface area contributed by atoms with Gasteiger partial charge in [0.2, 0.25) is 0 Å². The molecule has 0 bridgehead atoms.